The summed E-state index contributed by atoms with van der Waals surface area (Å²) in [6.07, 6.45) is -2.91. The van der Waals surface area contributed by atoms with E-state index in [1.54, 1.807) is 0 Å². The highest BCUT2D eigenvalue weighted by Crippen LogP contribution is 2.30. The minimum atomic E-state index is -4.57. The average molecular weight is 400 g/mol. The van der Waals surface area contributed by atoms with Crippen LogP contribution in [-0.2, 0) is 6.18 Å². The third-order valence-electron chi connectivity index (χ3n) is 3.68. The highest BCUT2D eigenvalue weighted by Gasteiger charge is 2.30. The molecule has 0 aliphatic heterocycles. The normalized spacial score (nSPS) is 11.8. The average Bonchev–Trinajstić information content (AvgIpc) is 3.11. The number of aromatic carboxylic acids is 1. The molecule has 0 aliphatic carbocycles. The maximum absolute atomic E-state index is 12.7. The minimum Gasteiger partial charge on any atom is -0.477 e. The first-order valence-corrected chi connectivity index (χ1v) is 7.46. The van der Waals surface area contributed by atoms with Gasteiger partial charge >= 0.3 is 18.7 Å². The molecule has 146 valence electrons. The molecule has 0 aliphatic rings. The molecule has 0 amide bonds. The second kappa shape index (κ2) is 6.87. The Kier molecular flexibility index (Phi) is 4.71. The van der Waals surface area contributed by atoms with E-state index in [2.05, 4.69) is 10.2 Å². The summed E-state index contributed by atoms with van der Waals surface area (Å²) in [4.78, 5) is 23.7. The van der Waals surface area contributed by atoms with Crippen molar-refractivity contribution in [1.82, 2.24) is 19.6 Å². The van der Waals surface area contributed by atoms with Crippen LogP contribution in [0.1, 0.15) is 22.5 Å². The zero-order chi connectivity index (χ0) is 20.6. The molecule has 3 aromatic rings. The molecule has 2 heterocycles. The van der Waals surface area contributed by atoms with Crippen LogP contribution in [0.15, 0.2) is 47.5 Å². The van der Waals surface area contributed by atoms with E-state index >= 15 is 0 Å². The van der Waals surface area contributed by atoms with Crippen LogP contribution in [0, 0.1) is 0 Å². The summed E-state index contributed by atoms with van der Waals surface area (Å²) in [6, 6.07) is 4.52. The number of rotatable bonds is 4. The molecule has 0 fully saturated rings. The highest BCUT2D eigenvalue weighted by atomic mass is 19.4. The molecule has 7 nitrogen and oxygen atoms in total. The standard InChI is InChI=1S/C16H9F5N4O3/c17-15(18)24-7-10(6-22-24)25-13(26)11(14(27)28)5-12(23-25)8-1-3-9(4-2-8)16(19,20)21/h1-7,15H,(H,27,28). The Balaban J connectivity index is 2.15. The first-order valence-electron chi connectivity index (χ1n) is 7.46. The summed E-state index contributed by atoms with van der Waals surface area (Å²) < 4.78 is 64.2. The van der Waals surface area contributed by atoms with Crippen molar-refractivity contribution in [3.63, 3.8) is 0 Å². The molecular formula is C16H9F5N4O3. The Hall–Kier alpha value is -3.57. The summed E-state index contributed by atoms with van der Waals surface area (Å²) in [7, 11) is 0. The zero-order valence-corrected chi connectivity index (χ0v) is 13.6. The summed E-state index contributed by atoms with van der Waals surface area (Å²) >= 11 is 0. The lowest BCUT2D eigenvalue weighted by Crippen LogP contribution is -2.27. The van der Waals surface area contributed by atoms with Gasteiger partial charge in [-0.3, -0.25) is 4.79 Å². The Labute approximate surface area is 152 Å². The third-order valence-corrected chi connectivity index (χ3v) is 3.68. The van der Waals surface area contributed by atoms with Gasteiger partial charge in [0.05, 0.1) is 23.7 Å². The number of benzene rings is 1. The van der Waals surface area contributed by atoms with Crippen LogP contribution in [0.5, 0.6) is 0 Å². The zero-order valence-electron chi connectivity index (χ0n) is 13.6. The minimum absolute atomic E-state index is 0.0884. The van der Waals surface area contributed by atoms with Gasteiger partial charge in [0.25, 0.3) is 5.56 Å². The molecule has 12 heteroatoms. The summed E-state index contributed by atoms with van der Waals surface area (Å²) in [5.74, 6) is -1.62. The quantitative estimate of drug-likeness (QED) is 0.680. The Morgan fingerprint density at radius 3 is 2.29 bits per heavy atom. The Morgan fingerprint density at radius 1 is 1.14 bits per heavy atom. The summed E-state index contributed by atoms with van der Waals surface area (Å²) in [5.41, 5.74) is -3.07. The van der Waals surface area contributed by atoms with Gasteiger partial charge in [-0.2, -0.15) is 36.8 Å². The van der Waals surface area contributed by atoms with Crippen molar-refractivity contribution in [2.75, 3.05) is 0 Å². The van der Waals surface area contributed by atoms with Crippen molar-refractivity contribution in [2.24, 2.45) is 0 Å². The van der Waals surface area contributed by atoms with E-state index in [9.17, 15) is 36.6 Å². The van der Waals surface area contributed by atoms with Gasteiger partial charge in [-0.05, 0) is 18.2 Å². The fourth-order valence-corrected chi connectivity index (χ4v) is 2.34. The van der Waals surface area contributed by atoms with E-state index in [1.165, 1.54) is 0 Å². The van der Waals surface area contributed by atoms with E-state index in [4.69, 9.17) is 0 Å². The van der Waals surface area contributed by atoms with Gasteiger partial charge in [0.15, 0.2) is 0 Å². The van der Waals surface area contributed by atoms with E-state index < -0.39 is 35.4 Å². The van der Waals surface area contributed by atoms with Gasteiger partial charge in [-0.1, -0.05) is 12.1 Å². The number of alkyl halides is 5. The Bertz CT molecular complexity index is 1090. The van der Waals surface area contributed by atoms with Crippen molar-refractivity contribution >= 4 is 5.97 Å². The predicted octanol–water partition coefficient (Wildman–Crippen LogP) is 3.21. The van der Waals surface area contributed by atoms with Gasteiger partial charge in [0.2, 0.25) is 0 Å². The molecule has 2 aromatic heterocycles. The van der Waals surface area contributed by atoms with Crippen molar-refractivity contribution in [3.8, 4) is 16.9 Å². The molecule has 3 rings (SSSR count). The molecule has 0 unspecified atom stereocenters. The molecule has 1 N–H and O–H groups in total. The topological polar surface area (TPSA) is 90.0 Å². The number of carboxylic acid groups (broad SMARTS) is 1. The van der Waals surface area contributed by atoms with Crippen LogP contribution in [0.3, 0.4) is 0 Å². The second-order valence-electron chi connectivity index (χ2n) is 5.50. The van der Waals surface area contributed by atoms with Gasteiger partial charge in [-0.15, -0.1) is 0 Å². The molecule has 1 aromatic carbocycles. The largest absolute Gasteiger partial charge is 0.477 e. The maximum atomic E-state index is 12.7. The number of hydrogen-bond acceptors (Lipinski definition) is 4. The van der Waals surface area contributed by atoms with Crippen molar-refractivity contribution in [2.45, 2.75) is 12.7 Å². The maximum Gasteiger partial charge on any atom is 0.416 e. The van der Waals surface area contributed by atoms with E-state index in [-0.39, 0.29) is 21.6 Å². The Morgan fingerprint density at radius 2 is 1.79 bits per heavy atom. The lowest BCUT2D eigenvalue weighted by atomic mass is 10.1. The number of hydrogen-bond donors (Lipinski definition) is 1. The predicted molar refractivity (Wildman–Crippen MR) is 84.3 cm³/mol. The van der Waals surface area contributed by atoms with Gasteiger partial charge < -0.3 is 5.11 Å². The first kappa shape index (κ1) is 19.2. The summed E-state index contributed by atoms with van der Waals surface area (Å²) in [6.45, 7) is -3.00. The molecule has 0 bridgehead atoms. The lowest BCUT2D eigenvalue weighted by Gasteiger charge is -2.09. The van der Waals surface area contributed by atoms with Gasteiger partial charge in [0, 0.05) is 5.56 Å². The molecule has 28 heavy (non-hydrogen) atoms. The SMILES string of the molecule is O=C(O)c1cc(-c2ccc(C(F)(F)F)cc2)nn(-c2cnn(C(F)F)c2)c1=O. The van der Waals surface area contributed by atoms with Crippen LogP contribution < -0.4 is 5.56 Å². The molecular weight excluding hydrogens is 391 g/mol. The van der Waals surface area contributed by atoms with Crippen molar-refractivity contribution in [3.05, 3.63) is 64.2 Å². The molecule has 0 saturated heterocycles. The monoisotopic (exact) mass is 400 g/mol. The van der Waals surface area contributed by atoms with E-state index in [0.29, 0.717) is 4.68 Å². The first-order chi connectivity index (χ1) is 13.1. The molecule has 0 atom stereocenters. The number of nitrogens with zero attached hydrogens (tertiary/aromatic N) is 4. The van der Waals surface area contributed by atoms with Gasteiger partial charge in [-0.25, -0.2) is 9.48 Å². The second-order valence-corrected chi connectivity index (χ2v) is 5.50. The fourth-order valence-electron chi connectivity index (χ4n) is 2.34. The van der Waals surface area contributed by atoms with E-state index in [0.717, 1.165) is 42.7 Å². The summed E-state index contributed by atoms with van der Waals surface area (Å²) in [5, 5.41) is 16.4. The lowest BCUT2D eigenvalue weighted by molar-refractivity contribution is -0.137. The molecule has 0 spiro atoms. The molecule has 0 saturated carbocycles. The fraction of sp³-hybridized carbons (Fsp3) is 0.125. The van der Waals surface area contributed by atoms with Crippen LogP contribution >= 0.6 is 0 Å². The van der Waals surface area contributed by atoms with Crippen LogP contribution in [0.25, 0.3) is 16.9 Å². The molecule has 0 radical (unpaired) electrons. The smallest absolute Gasteiger partial charge is 0.416 e. The number of carbonyl (C=O) groups is 1. The highest BCUT2D eigenvalue weighted by molar-refractivity contribution is 5.88. The van der Waals surface area contributed by atoms with Crippen LogP contribution in [0.2, 0.25) is 0 Å². The number of carboxylic acids is 1. The number of aromatic nitrogens is 4. The van der Waals surface area contributed by atoms with E-state index in [1.807, 2.05) is 0 Å². The van der Waals surface area contributed by atoms with Crippen LogP contribution in [0.4, 0.5) is 22.0 Å². The van der Waals surface area contributed by atoms with Crippen molar-refractivity contribution in [1.29, 1.82) is 0 Å². The van der Waals surface area contributed by atoms with Crippen LogP contribution in [-0.4, -0.2) is 30.6 Å². The van der Waals surface area contributed by atoms with Gasteiger partial charge in [0.1, 0.15) is 11.3 Å². The third kappa shape index (κ3) is 3.61. The van der Waals surface area contributed by atoms with Crippen molar-refractivity contribution < 1.29 is 31.9 Å². The number of halogens is 5.